The number of nitrogens with zero attached hydrogens (tertiary/aromatic N) is 3. The molecule has 2 aromatic rings. The number of ether oxygens (including phenoxy) is 2. The summed E-state index contributed by atoms with van der Waals surface area (Å²) in [6.07, 6.45) is -1.99. The van der Waals surface area contributed by atoms with Gasteiger partial charge in [0.25, 0.3) is 0 Å². The maximum atomic E-state index is 12.9. The van der Waals surface area contributed by atoms with Gasteiger partial charge < -0.3 is 24.8 Å². The van der Waals surface area contributed by atoms with Gasteiger partial charge in [-0.3, -0.25) is 14.4 Å². The maximum Gasteiger partial charge on any atom is 0.302 e. The van der Waals surface area contributed by atoms with Crippen molar-refractivity contribution in [2.24, 2.45) is 5.11 Å². The molecule has 0 heterocycles. The molecule has 3 N–H and O–H groups in total. The lowest BCUT2D eigenvalue weighted by atomic mass is 9.82. The minimum absolute atomic E-state index is 0.0169. The molecule has 0 aromatic heterocycles. The van der Waals surface area contributed by atoms with E-state index in [-0.39, 0.29) is 41.0 Å². The maximum absolute atomic E-state index is 12.9. The number of carbonyl (C=O) groups is 3. The average Bonchev–Trinajstić information content (AvgIpc) is 2.78. The van der Waals surface area contributed by atoms with Crippen molar-refractivity contribution in [3.8, 4) is 11.5 Å². The summed E-state index contributed by atoms with van der Waals surface area (Å²) >= 11 is 0. The van der Waals surface area contributed by atoms with Crippen molar-refractivity contribution in [2.45, 2.75) is 51.7 Å². The molecule has 0 saturated carbocycles. The fraction of sp³-hybridized carbons (Fsp3) is 0.348. The first-order chi connectivity index (χ1) is 16.2. The summed E-state index contributed by atoms with van der Waals surface area (Å²) in [6, 6.07) is 5.84. The highest BCUT2D eigenvalue weighted by atomic mass is 16.6. The molecule has 3 rings (SSSR count). The largest absolute Gasteiger partial charge is 0.507 e. The highest BCUT2D eigenvalue weighted by Crippen LogP contribution is 2.37. The molecule has 0 unspecified atom stereocenters. The van der Waals surface area contributed by atoms with Crippen molar-refractivity contribution in [3.05, 3.63) is 68.6 Å². The number of ketones is 2. The van der Waals surface area contributed by atoms with Gasteiger partial charge in [0.2, 0.25) is 5.78 Å². The van der Waals surface area contributed by atoms with Gasteiger partial charge in [0, 0.05) is 29.4 Å². The Kier molecular flexibility index (Phi) is 7.52. The van der Waals surface area contributed by atoms with Gasteiger partial charge in [-0.15, -0.1) is 0 Å². The number of fused-ring (bicyclic) bond motifs is 2. The second-order valence-corrected chi connectivity index (χ2v) is 7.73. The Balaban J connectivity index is 1.77. The van der Waals surface area contributed by atoms with Gasteiger partial charge in [0.05, 0.1) is 23.8 Å². The van der Waals surface area contributed by atoms with Crippen molar-refractivity contribution in [2.75, 3.05) is 0 Å². The average molecular weight is 469 g/mol. The summed E-state index contributed by atoms with van der Waals surface area (Å²) in [5.74, 6) is -2.61. The summed E-state index contributed by atoms with van der Waals surface area (Å²) in [7, 11) is 0. The van der Waals surface area contributed by atoms with Crippen molar-refractivity contribution in [1.82, 2.24) is 0 Å². The fourth-order valence-corrected chi connectivity index (χ4v) is 3.88. The Bertz CT molecular complexity index is 1190. The molecule has 11 heteroatoms. The van der Waals surface area contributed by atoms with Crippen molar-refractivity contribution in [3.63, 3.8) is 0 Å². The van der Waals surface area contributed by atoms with Crippen LogP contribution >= 0.6 is 0 Å². The molecule has 0 spiro atoms. The van der Waals surface area contributed by atoms with Gasteiger partial charge in [-0.05, 0) is 35.7 Å². The minimum Gasteiger partial charge on any atom is -0.507 e. The quantitative estimate of drug-likeness (QED) is 0.140. The molecule has 0 radical (unpaired) electrons. The Hall–Kier alpha value is -3.92. The van der Waals surface area contributed by atoms with Crippen LogP contribution in [0.2, 0.25) is 0 Å². The summed E-state index contributed by atoms with van der Waals surface area (Å²) in [5, 5.41) is 34.3. The first-order valence-corrected chi connectivity index (χ1v) is 10.5. The number of phenols is 2. The van der Waals surface area contributed by atoms with E-state index in [0.29, 0.717) is 12.0 Å². The Morgan fingerprint density at radius 3 is 2.47 bits per heavy atom. The van der Waals surface area contributed by atoms with Gasteiger partial charge in [-0.25, -0.2) is 0 Å². The number of aliphatic hydroxyl groups excluding tert-OH is 1. The molecule has 0 bridgehead atoms. The van der Waals surface area contributed by atoms with Crippen molar-refractivity contribution >= 4 is 17.5 Å². The molecule has 0 saturated heterocycles. The number of phenolic OH excluding ortho intramolecular Hbond substituents is 2. The van der Waals surface area contributed by atoms with Crippen LogP contribution in [-0.4, -0.2) is 51.3 Å². The smallest absolute Gasteiger partial charge is 0.302 e. The van der Waals surface area contributed by atoms with Crippen LogP contribution in [0, 0.1) is 0 Å². The molecular formula is C23H23N3O8. The molecule has 0 amide bonds. The molecule has 34 heavy (non-hydrogen) atoms. The van der Waals surface area contributed by atoms with E-state index in [9.17, 15) is 29.7 Å². The van der Waals surface area contributed by atoms with E-state index < -0.39 is 41.7 Å². The number of rotatable bonds is 9. The first kappa shape index (κ1) is 24.7. The summed E-state index contributed by atoms with van der Waals surface area (Å²) in [6.45, 7) is 2.70. The number of aromatic hydroxyl groups is 2. The van der Waals surface area contributed by atoms with Gasteiger partial charge in [-0.2, -0.15) is 0 Å². The van der Waals surface area contributed by atoms with Gasteiger partial charge in [-0.1, -0.05) is 24.2 Å². The van der Waals surface area contributed by atoms with Crippen LogP contribution in [0.5, 0.6) is 11.5 Å². The number of esters is 1. The molecule has 1 aliphatic carbocycles. The lowest BCUT2D eigenvalue weighted by Gasteiger charge is -2.24. The summed E-state index contributed by atoms with van der Waals surface area (Å²) in [5.41, 5.74) is 8.68. The van der Waals surface area contributed by atoms with Crippen LogP contribution in [0.25, 0.3) is 10.4 Å². The Morgan fingerprint density at radius 2 is 1.82 bits per heavy atom. The number of benzene rings is 2. The predicted octanol–water partition coefficient (Wildman–Crippen LogP) is 3.12. The molecule has 0 fully saturated rings. The van der Waals surface area contributed by atoms with Crippen LogP contribution < -0.4 is 0 Å². The lowest BCUT2D eigenvalue weighted by Crippen LogP contribution is -2.32. The van der Waals surface area contributed by atoms with E-state index in [0.717, 1.165) is 0 Å². The molecule has 1 aliphatic rings. The summed E-state index contributed by atoms with van der Waals surface area (Å²) < 4.78 is 10.5. The second-order valence-electron chi connectivity index (χ2n) is 7.73. The van der Waals surface area contributed by atoms with E-state index >= 15 is 0 Å². The fourth-order valence-electron chi connectivity index (χ4n) is 3.88. The van der Waals surface area contributed by atoms with Gasteiger partial charge in [0.15, 0.2) is 12.1 Å². The van der Waals surface area contributed by atoms with E-state index in [1.54, 1.807) is 6.92 Å². The standard InChI is InChI=1S/C23H23N3O8/c1-3-18(34-11(2)27)15(25-26-24)9-19(30)33-10-12-7-14-21(17(29)8-12)23(32)20-13(22(14)31)5-4-6-16(20)28/h4-8,15,18-19,28-30H,3,9-10H2,1-2H3/t15-,18-,19-/m0/s1. The Labute approximate surface area is 194 Å². The monoisotopic (exact) mass is 469 g/mol. The zero-order chi connectivity index (χ0) is 25.0. The Morgan fingerprint density at radius 1 is 1.12 bits per heavy atom. The third kappa shape index (κ3) is 5.01. The highest BCUT2D eigenvalue weighted by Gasteiger charge is 2.34. The molecule has 11 nitrogen and oxygen atoms in total. The molecular weight excluding hydrogens is 446 g/mol. The molecule has 2 aromatic carbocycles. The lowest BCUT2D eigenvalue weighted by molar-refractivity contribution is -0.151. The predicted molar refractivity (Wildman–Crippen MR) is 117 cm³/mol. The molecule has 178 valence electrons. The number of azide groups is 1. The van der Waals surface area contributed by atoms with Crippen LogP contribution in [0.1, 0.15) is 64.1 Å². The second kappa shape index (κ2) is 10.3. The van der Waals surface area contributed by atoms with Crippen LogP contribution in [-0.2, 0) is 20.9 Å². The van der Waals surface area contributed by atoms with E-state index in [1.807, 2.05) is 0 Å². The summed E-state index contributed by atoms with van der Waals surface area (Å²) in [4.78, 5) is 39.7. The normalized spacial score (nSPS) is 14.9. The van der Waals surface area contributed by atoms with Gasteiger partial charge in [0.1, 0.15) is 17.6 Å². The SMILES string of the molecule is CC[C@H](OC(C)=O)[C@H](C[C@@H](O)OCc1cc(O)c2c(c1)C(=O)c1cccc(O)c1C2=O)N=[N+]=[N-]. The number of carbonyl (C=O) groups excluding carboxylic acids is 3. The minimum atomic E-state index is -1.42. The number of aliphatic hydroxyl groups is 1. The molecule has 0 aliphatic heterocycles. The zero-order valence-electron chi connectivity index (χ0n) is 18.5. The van der Waals surface area contributed by atoms with Crippen LogP contribution in [0.15, 0.2) is 35.4 Å². The van der Waals surface area contributed by atoms with Crippen LogP contribution in [0.3, 0.4) is 0 Å². The van der Waals surface area contributed by atoms with E-state index in [2.05, 4.69) is 10.0 Å². The third-order valence-electron chi connectivity index (χ3n) is 5.40. The first-order valence-electron chi connectivity index (χ1n) is 10.5. The third-order valence-corrected chi connectivity index (χ3v) is 5.40. The van der Waals surface area contributed by atoms with Gasteiger partial charge >= 0.3 is 5.97 Å². The highest BCUT2D eigenvalue weighted by molar-refractivity contribution is 6.30. The van der Waals surface area contributed by atoms with E-state index in [1.165, 1.54) is 37.3 Å². The van der Waals surface area contributed by atoms with Crippen molar-refractivity contribution in [1.29, 1.82) is 0 Å². The number of hydrogen-bond acceptors (Lipinski definition) is 9. The van der Waals surface area contributed by atoms with E-state index in [4.69, 9.17) is 15.0 Å². The van der Waals surface area contributed by atoms with Crippen molar-refractivity contribution < 1.29 is 39.2 Å². The number of hydrogen-bond donors (Lipinski definition) is 3. The molecule has 3 atom stereocenters. The zero-order valence-corrected chi connectivity index (χ0v) is 18.5. The topological polar surface area (TPSA) is 179 Å². The van der Waals surface area contributed by atoms with Crippen LogP contribution in [0.4, 0.5) is 0 Å².